The SMILES string of the molecule is CN(CC1CCCN1)c1ccc2c(c1)CCO2. The maximum Gasteiger partial charge on any atom is 0.122 e. The molecule has 0 spiro atoms. The lowest BCUT2D eigenvalue weighted by Crippen LogP contribution is -2.35. The van der Waals surface area contributed by atoms with Crippen LogP contribution < -0.4 is 15.0 Å². The van der Waals surface area contributed by atoms with Crippen LogP contribution in [0.4, 0.5) is 5.69 Å². The first-order valence-electron chi connectivity index (χ1n) is 6.53. The van der Waals surface area contributed by atoms with Crippen molar-refractivity contribution >= 4 is 5.69 Å². The van der Waals surface area contributed by atoms with Crippen LogP contribution in [0.5, 0.6) is 5.75 Å². The minimum Gasteiger partial charge on any atom is -0.493 e. The Morgan fingerprint density at radius 2 is 2.41 bits per heavy atom. The second-order valence-electron chi connectivity index (χ2n) is 5.06. The van der Waals surface area contributed by atoms with Crippen molar-refractivity contribution in [1.82, 2.24) is 5.32 Å². The van der Waals surface area contributed by atoms with Crippen molar-refractivity contribution in [1.29, 1.82) is 0 Å². The topological polar surface area (TPSA) is 24.5 Å². The van der Waals surface area contributed by atoms with E-state index in [1.54, 1.807) is 0 Å². The van der Waals surface area contributed by atoms with Crippen LogP contribution in [0.1, 0.15) is 18.4 Å². The Hall–Kier alpha value is -1.22. The molecule has 0 amide bonds. The van der Waals surface area contributed by atoms with Gasteiger partial charge in [0.15, 0.2) is 0 Å². The summed E-state index contributed by atoms with van der Waals surface area (Å²) >= 11 is 0. The molecule has 3 rings (SSSR count). The zero-order valence-electron chi connectivity index (χ0n) is 10.4. The molecule has 1 saturated heterocycles. The maximum absolute atomic E-state index is 5.54. The molecule has 0 aromatic heterocycles. The van der Waals surface area contributed by atoms with E-state index in [1.807, 2.05) is 0 Å². The highest BCUT2D eigenvalue weighted by Gasteiger charge is 2.18. The van der Waals surface area contributed by atoms with E-state index in [9.17, 15) is 0 Å². The first kappa shape index (κ1) is 10.9. The van der Waals surface area contributed by atoms with Gasteiger partial charge in [0.25, 0.3) is 0 Å². The molecule has 1 fully saturated rings. The van der Waals surface area contributed by atoms with Crippen LogP contribution in [0.15, 0.2) is 18.2 Å². The second-order valence-corrected chi connectivity index (χ2v) is 5.06. The zero-order valence-corrected chi connectivity index (χ0v) is 10.4. The number of likely N-dealkylation sites (N-methyl/N-ethyl adjacent to an activating group) is 1. The summed E-state index contributed by atoms with van der Waals surface area (Å²) < 4.78 is 5.54. The Labute approximate surface area is 103 Å². The van der Waals surface area contributed by atoms with Gasteiger partial charge in [-0.15, -0.1) is 0 Å². The molecule has 1 atom stereocenters. The highest BCUT2D eigenvalue weighted by molar-refractivity contribution is 5.54. The van der Waals surface area contributed by atoms with Crippen molar-refractivity contribution in [2.75, 3.05) is 31.6 Å². The molecule has 1 N–H and O–H groups in total. The van der Waals surface area contributed by atoms with Gasteiger partial charge in [0, 0.05) is 31.7 Å². The summed E-state index contributed by atoms with van der Waals surface area (Å²) in [4.78, 5) is 2.35. The number of rotatable bonds is 3. The Morgan fingerprint density at radius 1 is 1.47 bits per heavy atom. The lowest BCUT2D eigenvalue weighted by atomic mass is 10.1. The van der Waals surface area contributed by atoms with Gasteiger partial charge < -0.3 is 15.0 Å². The van der Waals surface area contributed by atoms with E-state index >= 15 is 0 Å². The molecule has 1 aromatic carbocycles. The Bertz CT molecular complexity index is 399. The first-order valence-corrected chi connectivity index (χ1v) is 6.53. The lowest BCUT2D eigenvalue weighted by Gasteiger charge is -2.23. The number of ether oxygens (including phenoxy) is 1. The molecule has 0 aliphatic carbocycles. The lowest BCUT2D eigenvalue weighted by molar-refractivity contribution is 0.357. The third-order valence-electron chi connectivity index (χ3n) is 3.77. The molecular formula is C14H20N2O. The Kier molecular flexibility index (Phi) is 2.93. The van der Waals surface area contributed by atoms with Crippen molar-refractivity contribution in [3.63, 3.8) is 0 Å². The largest absolute Gasteiger partial charge is 0.493 e. The van der Waals surface area contributed by atoms with Gasteiger partial charge in [-0.1, -0.05) is 0 Å². The van der Waals surface area contributed by atoms with Crippen molar-refractivity contribution in [2.24, 2.45) is 0 Å². The summed E-state index contributed by atoms with van der Waals surface area (Å²) in [6.07, 6.45) is 3.67. The quantitative estimate of drug-likeness (QED) is 0.860. The number of hydrogen-bond acceptors (Lipinski definition) is 3. The van der Waals surface area contributed by atoms with Crippen LogP contribution in [0.3, 0.4) is 0 Å². The van der Waals surface area contributed by atoms with Crippen molar-refractivity contribution < 1.29 is 4.74 Å². The molecule has 2 aliphatic heterocycles. The number of anilines is 1. The van der Waals surface area contributed by atoms with Crippen LogP contribution in [-0.4, -0.2) is 32.8 Å². The highest BCUT2D eigenvalue weighted by Crippen LogP contribution is 2.29. The number of fused-ring (bicyclic) bond motifs is 1. The maximum atomic E-state index is 5.54. The van der Waals surface area contributed by atoms with Gasteiger partial charge in [-0.2, -0.15) is 0 Å². The molecule has 0 bridgehead atoms. The molecule has 0 radical (unpaired) electrons. The van der Waals surface area contributed by atoms with Gasteiger partial charge in [-0.05, 0) is 43.1 Å². The molecule has 17 heavy (non-hydrogen) atoms. The molecule has 2 aliphatic rings. The van der Waals surface area contributed by atoms with Crippen molar-refractivity contribution in [2.45, 2.75) is 25.3 Å². The van der Waals surface area contributed by atoms with Crippen LogP contribution in [0.25, 0.3) is 0 Å². The average molecular weight is 232 g/mol. The zero-order chi connectivity index (χ0) is 11.7. The van der Waals surface area contributed by atoms with Crippen LogP contribution in [0.2, 0.25) is 0 Å². The average Bonchev–Trinajstić information content (AvgIpc) is 2.97. The number of benzene rings is 1. The molecular weight excluding hydrogens is 212 g/mol. The van der Waals surface area contributed by atoms with Gasteiger partial charge in [0.2, 0.25) is 0 Å². The summed E-state index contributed by atoms with van der Waals surface area (Å²) in [5, 5.41) is 3.54. The van der Waals surface area contributed by atoms with Crippen molar-refractivity contribution in [3.8, 4) is 5.75 Å². The summed E-state index contributed by atoms with van der Waals surface area (Å²) in [5.74, 6) is 1.07. The summed E-state index contributed by atoms with van der Waals surface area (Å²) in [5.41, 5.74) is 2.66. The minimum absolute atomic E-state index is 0.657. The molecule has 0 saturated carbocycles. The summed E-state index contributed by atoms with van der Waals surface area (Å²) in [6.45, 7) is 3.11. The van der Waals surface area contributed by atoms with Crippen LogP contribution >= 0.6 is 0 Å². The van der Waals surface area contributed by atoms with E-state index in [4.69, 9.17) is 4.74 Å². The molecule has 1 unspecified atom stereocenters. The van der Waals surface area contributed by atoms with E-state index in [2.05, 4.69) is 35.5 Å². The normalized spacial score (nSPS) is 22.3. The van der Waals surface area contributed by atoms with Crippen LogP contribution in [0, 0.1) is 0 Å². The molecule has 1 aromatic rings. The third-order valence-corrected chi connectivity index (χ3v) is 3.77. The monoisotopic (exact) mass is 232 g/mol. The fourth-order valence-electron chi connectivity index (χ4n) is 2.76. The molecule has 92 valence electrons. The van der Waals surface area contributed by atoms with E-state index in [0.717, 1.165) is 25.3 Å². The fraction of sp³-hybridized carbons (Fsp3) is 0.571. The van der Waals surface area contributed by atoms with Gasteiger partial charge in [0.1, 0.15) is 5.75 Å². The van der Waals surface area contributed by atoms with E-state index in [0.29, 0.717) is 6.04 Å². The minimum atomic E-state index is 0.657. The highest BCUT2D eigenvalue weighted by atomic mass is 16.5. The van der Waals surface area contributed by atoms with Crippen molar-refractivity contribution in [3.05, 3.63) is 23.8 Å². The van der Waals surface area contributed by atoms with Crippen LogP contribution in [-0.2, 0) is 6.42 Å². The second kappa shape index (κ2) is 4.57. The number of hydrogen-bond donors (Lipinski definition) is 1. The predicted octanol–water partition coefficient (Wildman–Crippen LogP) is 1.81. The van der Waals surface area contributed by atoms with Gasteiger partial charge in [-0.25, -0.2) is 0 Å². The van der Waals surface area contributed by atoms with E-state index in [1.165, 1.54) is 30.6 Å². The third kappa shape index (κ3) is 2.25. The molecule has 3 heteroatoms. The standard InChI is InChI=1S/C14H20N2O/c1-16(10-12-3-2-7-15-12)13-4-5-14-11(9-13)6-8-17-14/h4-5,9,12,15H,2-3,6-8,10H2,1H3. The Morgan fingerprint density at radius 3 is 3.24 bits per heavy atom. The number of nitrogens with zero attached hydrogens (tertiary/aromatic N) is 1. The smallest absolute Gasteiger partial charge is 0.122 e. The van der Waals surface area contributed by atoms with Gasteiger partial charge in [-0.3, -0.25) is 0 Å². The van der Waals surface area contributed by atoms with E-state index < -0.39 is 0 Å². The molecule has 3 nitrogen and oxygen atoms in total. The van der Waals surface area contributed by atoms with Gasteiger partial charge in [0.05, 0.1) is 6.61 Å². The first-order chi connectivity index (χ1) is 8.33. The van der Waals surface area contributed by atoms with Gasteiger partial charge >= 0.3 is 0 Å². The predicted molar refractivity (Wildman–Crippen MR) is 69.9 cm³/mol. The number of nitrogens with one attached hydrogen (secondary N) is 1. The van der Waals surface area contributed by atoms with E-state index in [-0.39, 0.29) is 0 Å². The molecule has 2 heterocycles. The summed E-state index contributed by atoms with van der Waals surface area (Å²) in [6, 6.07) is 7.21. The fourth-order valence-corrected chi connectivity index (χ4v) is 2.76. The Balaban J connectivity index is 1.70. The summed E-state index contributed by atoms with van der Waals surface area (Å²) in [7, 11) is 2.18.